The predicted octanol–water partition coefficient (Wildman–Crippen LogP) is 4.47. The number of rotatable bonds is 19. The molecule has 0 bridgehead atoms. The van der Waals surface area contributed by atoms with Gasteiger partial charge in [0.05, 0.1) is 55.4 Å². The van der Waals surface area contributed by atoms with Crippen molar-refractivity contribution in [2.75, 3.05) is 55.4 Å². The second-order valence-electron chi connectivity index (χ2n) is 11.0. The number of hydrogen-bond donors (Lipinski definition) is 5. The van der Waals surface area contributed by atoms with Crippen LogP contribution >= 0.6 is 0 Å². The molecule has 51 heavy (non-hydrogen) atoms. The highest BCUT2D eigenvalue weighted by Crippen LogP contribution is 2.44. The molecule has 0 aliphatic rings. The van der Waals surface area contributed by atoms with Gasteiger partial charge in [0.1, 0.15) is 6.10 Å². The van der Waals surface area contributed by atoms with E-state index in [2.05, 4.69) is 0 Å². The van der Waals surface area contributed by atoms with Gasteiger partial charge < -0.3 is 63.4 Å². The lowest BCUT2D eigenvalue weighted by Crippen LogP contribution is -2.33. The van der Waals surface area contributed by atoms with Crippen LogP contribution in [0.2, 0.25) is 0 Å². The van der Waals surface area contributed by atoms with E-state index in [1.54, 1.807) is 66.7 Å². The number of para-hydroxylation sites is 2. The van der Waals surface area contributed by atoms with Gasteiger partial charge in [-0.3, -0.25) is 0 Å². The molecule has 0 aromatic heterocycles. The van der Waals surface area contributed by atoms with Crippen molar-refractivity contribution < 1.29 is 63.4 Å². The molecule has 0 radical (unpaired) electrons. The molecule has 0 amide bonds. The average Bonchev–Trinajstić information content (AvgIpc) is 3.17. The summed E-state index contributed by atoms with van der Waals surface area (Å²) in [6, 6.07) is 19.6. The van der Waals surface area contributed by atoms with E-state index >= 15 is 0 Å². The van der Waals surface area contributed by atoms with Crippen LogP contribution in [0.15, 0.2) is 78.9 Å². The fraction of sp³-hybridized carbons (Fsp3) is 0.316. The zero-order chi connectivity index (χ0) is 36.9. The van der Waals surface area contributed by atoms with Crippen LogP contribution in [0.25, 0.3) is 6.08 Å². The Labute approximate surface area is 296 Å². The molecule has 4 aromatic carbocycles. The normalized spacial score (nSPS) is 13.5. The summed E-state index contributed by atoms with van der Waals surface area (Å²) in [6.07, 6.45) is -1.32. The van der Waals surface area contributed by atoms with E-state index in [1.165, 1.54) is 53.7 Å². The third-order valence-corrected chi connectivity index (χ3v) is 7.88. The zero-order valence-electron chi connectivity index (χ0n) is 29.0. The van der Waals surface area contributed by atoms with Crippen LogP contribution in [0.4, 0.5) is 0 Å². The van der Waals surface area contributed by atoms with E-state index in [1.807, 2.05) is 0 Å². The van der Waals surface area contributed by atoms with Gasteiger partial charge in [-0.05, 0) is 59.7 Å². The van der Waals surface area contributed by atoms with Crippen LogP contribution in [-0.4, -0.2) is 93.1 Å². The van der Waals surface area contributed by atoms with Gasteiger partial charge in [-0.1, -0.05) is 36.4 Å². The Hall–Kier alpha value is -5.34. The lowest BCUT2D eigenvalue weighted by Gasteiger charge is -2.30. The van der Waals surface area contributed by atoms with E-state index in [-0.39, 0.29) is 40.9 Å². The molecular weight excluding hydrogens is 664 g/mol. The summed E-state index contributed by atoms with van der Waals surface area (Å²) in [5, 5.41) is 51.8. The average molecular weight is 709 g/mol. The smallest absolute Gasteiger partial charge is 0.204 e. The van der Waals surface area contributed by atoms with Crippen LogP contribution in [-0.2, 0) is 0 Å². The van der Waals surface area contributed by atoms with Crippen molar-refractivity contribution in [3.05, 3.63) is 95.6 Å². The van der Waals surface area contributed by atoms with Gasteiger partial charge in [0.15, 0.2) is 64.3 Å². The molecule has 0 spiro atoms. The van der Waals surface area contributed by atoms with E-state index in [4.69, 9.17) is 37.9 Å². The second kappa shape index (κ2) is 18.6. The summed E-state index contributed by atoms with van der Waals surface area (Å²) in [6.45, 7) is -1.23. The minimum absolute atomic E-state index is 0.0805. The molecule has 4 aromatic rings. The number of aromatic hydroxyl groups is 1. The van der Waals surface area contributed by atoms with Gasteiger partial charge in [-0.25, -0.2) is 0 Å². The molecule has 4 unspecified atom stereocenters. The third-order valence-electron chi connectivity index (χ3n) is 7.88. The highest BCUT2D eigenvalue weighted by Gasteiger charge is 2.32. The molecule has 13 nitrogen and oxygen atoms in total. The monoisotopic (exact) mass is 708 g/mol. The fourth-order valence-corrected chi connectivity index (χ4v) is 5.27. The predicted molar refractivity (Wildman–Crippen MR) is 188 cm³/mol. The molecule has 0 saturated carbocycles. The maximum absolute atomic E-state index is 11.4. The van der Waals surface area contributed by atoms with Gasteiger partial charge >= 0.3 is 0 Å². The number of aliphatic hydroxyl groups is 4. The first-order chi connectivity index (χ1) is 24.7. The van der Waals surface area contributed by atoms with Crippen molar-refractivity contribution in [1.82, 2.24) is 0 Å². The first-order valence-corrected chi connectivity index (χ1v) is 15.9. The number of benzene rings is 4. The van der Waals surface area contributed by atoms with Crippen molar-refractivity contribution in [2.24, 2.45) is 0 Å². The molecular formula is C38H44O13. The summed E-state index contributed by atoms with van der Waals surface area (Å²) in [4.78, 5) is 0. The molecule has 0 aliphatic heterocycles. The molecule has 4 rings (SSSR count). The van der Waals surface area contributed by atoms with Crippen LogP contribution in [0, 0.1) is 0 Å². The standard InChI is InChI=1S/C38H44O13/c1-44-27-10-6-7-11-28(27)49-34(21-40)36(43)25-19-32(47-4)38(33(20-25)48-5)51-35(22-41)37(24-13-14-26(42)30(18-24)45-2)50-29-15-12-23(9-8-16-39)17-31(29)46-3/h6-15,17-20,34-37,39-43H,16,21-22H2,1-5H3/b9-8+. The zero-order valence-corrected chi connectivity index (χ0v) is 29.0. The minimum Gasteiger partial charge on any atom is -0.504 e. The van der Waals surface area contributed by atoms with Gasteiger partial charge in [-0.2, -0.15) is 0 Å². The molecule has 5 N–H and O–H groups in total. The third kappa shape index (κ3) is 9.27. The van der Waals surface area contributed by atoms with E-state index in [9.17, 15) is 25.5 Å². The highest BCUT2D eigenvalue weighted by atomic mass is 16.6. The Morgan fingerprint density at radius 2 is 1.16 bits per heavy atom. The van der Waals surface area contributed by atoms with Crippen LogP contribution in [0.5, 0.6) is 51.7 Å². The summed E-state index contributed by atoms with van der Waals surface area (Å²) >= 11 is 0. The Morgan fingerprint density at radius 3 is 1.75 bits per heavy atom. The van der Waals surface area contributed by atoms with Crippen molar-refractivity contribution in [1.29, 1.82) is 0 Å². The fourth-order valence-electron chi connectivity index (χ4n) is 5.27. The topological polar surface area (TPSA) is 175 Å². The summed E-state index contributed by atoms with van der Waals surface area (Å²) in [5.41, 5.74) is 1.50. The van der Waals surface area contributed by atoms with Crippen molar-refractivity contribution in [3.8, 4) is 51.7 Å². The van der Waals surface area contributed by atoms with Gasteiger partial charge in [-0.15, -0.1) is 0 Å². The maximum atomic E-state index is 11.4. The minimum atomic E-state index is -1.35. The Kier molecular flexibility index (Phi) is 14.0. The number of hydrogen-bond acceptors (Lipinski definition) is 13. The number of phenols is 1. The van der Waals surface area contributed by atoms with E-state index in [0.29, 0.717) is 28.6 Å². The molecule has 274 valence electrons. The van der Waals surface area contributed by atoms with Gasteiger partial charge in [0.2, 0.25) is 5.75 Å². The molecule has 4 atom stereocenters. The quantitative estimate of drug-likeness (QED) is 0.0924. The van der Waals surface area contributed by atoms with E-state index in [0.717, 1.165) is 5.56 Å². The molecule has 0 aliphatic carbocycles. The number of methoxy groups -OCH3 is 5. The molecule has 0 saturated heterocycles. The van der Waals surface area contributed by atoms with Crippen molar-refractivity contribution >= 4 is 6.08 Å². The second-order valence-corrected chi connectivity index (χ2v) is 11.0. The first-order valence-electron chi connectivity index (χ1n) is 15.9. The highest BCUT2D eigenvalue weighted by molar-refractivity contribution is 5.57. The first kappa shape index (κ1) is 38.5. The van der Waals surface area contributed by atoms with Crippen molar-refractivity contribution in [3.63, 3.8) is 0 Å². The number of ether oxygens (including phenoxy) is 8. The van der Waals surface area contributed by atoms with E-state index < -0.39 is 37.6 Å². The van der Waals surface area contributed by atoms with Crippen molar-refractivity contribution in [2.45, 2.75) is 24.4 Å². The molecule has 0 heterocycles. The Bertz CT molecular complexity index is 1720. The lowest BCUT2D eigenvalue weighted by atomic mass is 10.0. The lowest BCUT2D eigenvalue weighted by molar-refractivity contribution is -0.00112. The Morgan fingerprint density at radius 1 is 0.569 bits per heavy atom. The molecule has 13 heteroatoms. The summed E-state index contributed by atoms with van der Waals surface area (Å²) in [7, 11) is 7.17. The van der Waals surface area contributed by atoms with Crippen LogP contribution < -0.4 is 37.9 Å². The summed E-state index contributed by atoms with van der Waals surface area (Å²) in [5.74, 6) is 1.83. The van der Waals surface area contributed by atoms with Crippen LogP contribution in [0.1, 0.15) is 28.9 Å². The maximum Gasteiger partial charge on any atom is 0.204 e. The van der Waals surface area contributed by atoms with Gasteiger partial charge in [0, 0.05) is 5.56 Å². The molecule has 0 fully saturated rings. The van der Waals surface area contributed by atoms with Crippen LogP contribution in [0.3, 0.4) is 0 Å². The number of phenolic OH excluding ortho intramolecular Hbond substituents is 1. The Balaban J connectivity index is 1.74. The SMILES string of the molecule is COc1cc(C(Oc2ccc(/C=C/CO)cc2OC)C(CO)Oc2c(OC)cc(C(O)C(CO)Oc3ccccc3OC)cc2OC)ccc1O. The van der Waals surface area contributed by atoms with Gasteiger partial charge in [0.25, 0.3) is 0 Å². The number of aliphatic hydroxyl groups excluding tert-OH is 4. The largest absolute Gasteiger partial charge is 0.504 e. The summed E-state index contributed by atoms with van der Waals surface area (Å²) < 4.78 is 46.4.